The van der Waals surface area contributed by atoms with Crippen molar-refractivity contribution in [1.82, 2.24) is 5.32 Å². The van der Waals surface area contributed by atoms with Crippen molar-refractivity contribution in [3.05, 3.63) is 34.9 Å². The molecule has 2 unspecified atom stereocenters. The SMILES string of the molecule is COCC(N)C(=O)NC(C)c1ccc(C)cc1C.Cl. The second-order valence-corrected chi connectivity index (χ2v) is 4.65. The maximum absolute atomic E-state index is 11.8. The van der Waals surface area contributed by atoms with Crippen LogP contribution in [0.2, 0.25) is 0 Å². The number of hydrogen-bond donors (Lipinski definition) is 2. The Hall–Kier alpha value is -1.10. The molecule has 0 aromatic heterocycles. The first-order valence-electron chi connectivity index (χ1n) is 6.07. The summed E-state index contributed by atoms with van der Waals surface area (Å²) in [7, 11) is 1.53. The number of hydrogen-bond acceptors (Lipinski definition) is 3. The molecule has 0 radical (unpaired) electrons. The Morgan fingerprint density at radius 2 is 2.05 bits per heavy atom. The molecule has 3 N–H and O–H groups in total. The van der Waals surface area contributed by atoms with Crippen LogP contribution in [0.15, 0.2) is 18.2 Å². The summed E-state index contributed by atoms with van der Waals surface area (Å²) in [6, 6.07) is 5.51. The van der Waals surface area contributed by atoms with Crippen LogP contribution >= 0.6 is 12.4 Å². The number of amides is 1. The van der Waals surface area contributed by atoms with Gasteiger partial charge in [-0.1, -0.05) is 23.8 Å². The van der Waals surface area contributed by atoms with Crippen LogP contribution in [0.25, 0.3) is 0 Å². The fourth-order valence-corrected chi connectivity index (χ4v) is 1.96. The molecule has 5 heteroatoms. The molecule has 0 saturated heterocycles. The maximum atomic E-state index is 11.8. The van der Waals surface area contributed by atoms with Gasteiger partial charge in [-0.05, 0) is 31.9 Å². The average Bonchev–Trinajstić information content (AvgIpc) is 2.28. The monoisotopic (exact) mass is 286 g/mol. The molecule has 0 aliphatic heterocycles. The van der Waals surface area contributed by atoms with Gasteiger partial charge in [0, 0.05) is 7.11 Å². The van der Waals surface area contributed by atoms with E-state index in [9.17, 15) is 4.79 Å². The lowest BCUT2D eigenvalue weighted by molar-refractivity contribution is -0.124. The lowest BCUT2D eigenvalue weighted by atomic mass is 10.00. The number of rotatable bonds is 5. The van der Waals surface area contributed by atoms with Gasteiger partial charge in [-0.15, -0.1) is 12.4 Å². The van der Waals surface area contributed by atoms with Gasteiger partial charge >= 0.3 is 0 Å². The van der Waals surface area contributed by atoms with Gasteiger partial charge in [0.25, 0.3) is 0 Å². The number of methoxy groups -OCH3 is 1. The van der Waals surface area contributed by atoms with Crippen LogP contribution in [0, 0.1) is 13.8 Å². The maximum Gasteiger partial charge on any atom is 0.239 e. The van der Waals surface area contributed by atoms with E-state index in [1.165, 1.54) is 18.2 Å². The highest BCUT2D eigenvalue weighted by molar-refractivity contribution is 5.85. The Bertz CT molecular complexity index is 424. The molecule has 2 atom stereocenters. The van der Waals surface area contributed by atoms with Crippen LogP contribution in [-0.4, -0.2) is 25.7 Å². The largest absolute Gasteiger partial charge is 0.383 e. The van der Waals surface area contributed by atoms with E-state index in [0.717, 1.165) is 5.56 Å². The number of nitrogens with two attached hydrogens (primary N) is 1. The van der Waals surface area contributed by atoms with Crippen molar-refractivity contribution in [2.24, 2.45) is 5.73 Å². The highest BCUT2D eigenvalue weighted by Crippen LogP contribution is 2.18. The van der Waals surface area contributed by atoms with E-state index in [1.807, 2.05) is 26.0 Å². The lowest BCUT2D eigenvalue weighted by Gasteiger charge is -2.19. The van der Waals surface area contributed by atoms with E-state index in [-0.39, 0.29) is 31.0 Å². The number of carbonyl (C=O) groups is 1. The van der Waals surface area contributed by atoms with E-state index < -0.39 is 6.04 Å². The molecule has 1 rings (SSSR count). The normalized spacial score (nSPS) is 13.3. The summed E-state index contributed by atoms with van der Waals surface area (Å²) in [5, 5.41) is 2.90. The standard InChI is InChI=1S/C14H22N2O2.ClH/c1-9-5-6-12(10(2)7-9)11(3)16-14(17)13(15)8-18-4;/h5-7,11,13H,8,15H2,1-4H3,(H,16,17);1H. The quantitative estimate of drug-likeness (QED) is 0.869. The predicted octanol–water partition coefficient (Wildman–Crippen LogP) is 1.88. The van der Waals surface area contributed by atoms with Crippen LogP contribution in [-0.2, 0) is 9.53 Å². The van der Waals surface area contributed by atoms with Crippen molar-refractivity contribution in [1.29, 1.82) is 0 Å². The highest BCUT2D eigenvalue weighted by atomic mass is 35.5. The number of nitrogens with one attached hydrogen (secondary N) is 1. The van der Waals surface area contributed by atoms with Crippen molar-refractivity contribution in [3.63, 3.8) is 0 Å². The van der Waals surface area contributed by atoms with Crippen LogP contribution in [0.1, 0.15) is 29.7 Å². The summed E-state index contributed by atoms with van der Waals surface area (Å²) >= 11 is 0. The Labute approximate surface area is 121 Å². The van der Waals surface area contributed by atoms with E-state index in [0.29, 0.717) is 0 Å². The minimum Gasteiger partial charge on any atom is -0.383 e. The zero-order valence-corrected chi connectivity index (χ0v) is 12.7. The average molecular weight is 287 g/mol. The van der Waals surface area contributed by atoms with Gasteiger partial charge < -0.3 is 15.8 Å². The third kappa shape index (κ3) is 5.19. The van der Waals surface area contributed by atoms with Crippen molar-refractivity contribution in [3.8, 4) is 0 Å². The second kappa shape index (κ2) is 8.15. The summed E-state index contributed by atoms with van der Waals surface area (Å²) in [4.78, 5) is 11.8. The van der Waals surface area contributed by atoms with E-state index in [4.69, 9.17) is 10.5 Å². The minimum absolute atomic E-state index is 0. The van der Waals surface area contributed by atoms with Crippen molar-refractivity contribution < 1.29 is 9.53 Å². The van der Waals surface area contributed by atoms with Gasteiger partial charge in [0.1, 0.15) is 6.04 Å². The first kappa shape index (κ1) is 17.9. The van der Waals surface area contributed by atoms with Gasteiger partial charge in [-0.2, -0.15) is 0 Å². The molecule has 1 amide bonds. The van der Waals surface area contributed by atoms with Crippen LogP contribution < -0.4 is 11.1 Å². The molecule has 1 aromatic carbocycles. The third-order valence-electron chi connectivity index (χ3n) is 2.93. The highest BCUT2D eigenvalue weighted by Gasteiger charge is 2.17. The molecule has 0 aliphatic rings. The van der Waals surface area contributed by atoms with Gasteiger partial charge in [-0.3, -0.25) is 4.79 Å². The zero-order chi connectivity index (χ0) is 13.7. The Morgan fingerprint density at radius 3 is 2.58 bits per heavy atom. The lowest BCUT2D eigenvalue weighted by Crippen LogP contribution is -2.44. The fourth-order valence-electron chi connectivity index (χ4n) is 1.96. The van der Waals surface area contributed by atoms with Crippen LogP contribution in [0.3, 0.4) is 0 Å². The second-order valence-electron chi connectivity index (χ2n) is 4.65. The van der Waals surface area contributed by atoms with E-state index in [1.54, 1.807) is 0 Å². The summed E-state index contributed by atoms with van der Waals surface area (Å²) in [5.74, 6) is -0.190. The molecule has 1 aromatic rings. The summed E-state index contributed by atoms with van der Waals surface area (Å²) in [6.45, 7) is 6.27. The molecule has 108 valence electrons. The molecule has 0 heterocycles. The molecule has 0 saturated carbocycles. The number of halogens is 1. The van der Waals surface area contributed by atoms with Gasteiger partial charge in [0.05, 0.1) is 12.6 Å². The van der Waals surface area contributed by atoms with Gasteiger partial charge in [0.15, 0.2) is 0 Å². The number of ether oxygens (including phenoxy) is 1. The number of benzene rings is 1. The molecular weight excluding hydrogens is 264 g/mol. The predicted molar refractivity (Wildman–Crippen MR) is 79.6 cm³/mol. The summed E-state index contributed by atoms with van der Waals surface area (Å²) < 4.78 is 4.87. The minimum atomic E-state index is -0.622. The summed E-state index contributed by atoms with van der Waals surface area (Å²) in [5.41, 5.74) is 9.17. The van der Waals surface area contributed by atoms with Crippen LogP contribution in [0.4, 0.5) is 0 Å². The molecule has 0 fully saturated rings. The first-order valence-corrected chi connectivity index (χ1v) is 6.07. The number of aryl methyl sites for hydroxylation is 2. The molecular formula is C14H23ClN2O2. The van der Waals surface area contributed by atoms with Crippen molar-refractivity contribution >= 4 is 18.3 Å². The zero-order valence-electron chi connectivity index (χ0n) is 11.9. The topological polar surface area (TPSA) is 64.3 Å². The molecule has 4 nitrogen and oxygen atoms in total. The van der Waals surface area contributed by atoms with E-state index >= 15 is 0 Å². The Morgan fingerprint density at radius 1 is 1.42 bits per heavy atom. The molecule has 0 bridgehead atoms. The molecule has 0 aliphatic carbocycles. The molecule has 19 heavy (non-hydrogen) atoms. The first-order chi connectivity index (χ1) is 8.45. The van der Waals surface area contributed by atoms with Crippen LogP contribution in [0.5, 0.6) is 0 Å². The van der Waals surface area contributed by atoms with Gasteiger partial charge in [0.2, 0.25) is 5.91 Å². The number of carbonyl (C=O) groups excluding carboxylic acids is 1. The third-order valence-corrected chi connectivity index (χ3v) is 2.93. The Balaban J connectivity index is 0.00000324. The molecule has 0 spiro atoms. The van der Waals surface area contributed by atoms with E-state index in [2.05, 4.69) is 18.3 Å². The summed E-state index contributed by atoms with van der Waals surface area (Å²) in [6.07, 6.45) is 0. The van der Waals surface area contributed by atoms with Gasteiger partial charge in [-0.25, -0.2) is 0 Å². The fraction of sp³-hybridized carbons (Fsp3) is 0.500. The Kier molecular flexibility index (Phi) is 7.68. The smallest absolute Gasteiger partial charge is 0.239 e. The van der Waals surface area contributed by atoms with Crippen molar-refractivity contribution in [2.75, 3.05) is 13.7 Å². The van der Waals surface area contributed by atoms with Crippen molar-refractivity contribution in [2.45, 2.75) is 32.9 Å².